The van der Waals surface area contributed by atoms with Crippen LogP contribution in [0.4, 0.5) is 15.8 Å². The maximum absolute atomic E-state index is 13.3. The molecule has 4 fully saturated rings. The molecule has 2 saturated heterocycles. The van der Waals surface area contributed by atoms with E-state index < -0.39 is 17.7 Å². The van der Waals surface area contributed by atoms with E-state index >= 15 is 0 Å². The quantitative estimate of drug-likeness (QED) is 0.287. The minimum absolute atomic E-state index is 0.00616. The molecular weight excluding hydrogens is 463 g/mol. The van der Waals surface area contributed by atoms with Crippen molar-refractivity contribution in [3.05, 3.63) is 66.5 Å². The molecule has 2 aliphatic heterocycles. The highest BCUT2D eigenvalue weighted by atomic mass is 19.1. The lowest BCUT2D eigenvalue weighted by atomic mass is 9.63. The van der Waals surface area contributed by atoms with Gasteiger partial charge in [0.2, 0.25) is 17.7 Å². The average molecular weight is 486 g/mol. The molecule has 0 spiro atoms. The number of rotatable bonds is 4. The van der Waals surface area contributed by atoms with Crippen LogP contribution in [-0.2, 0) is 19.2 Å². The van der Waals surface area contributed by atoms with Crippen LogP contribution in [0.1, 0.15) is 12.8 Å². The summed E-state index contributed by atoms with van der Waals surface area (Å²) in [6.45, 7) is 0.152. The number of benzene rings is 2. The van der Waals surface area contributed by atoms with Crippen LogP contribution in [0.2, 0.25) is 0 Å². The molecule has 6 aliphatic rings. The molecule has 3 amide bonds. The van der Waals surface area contributed by atoms with Crippen LogP contribution in [0.3, 0.4) is 0 Å². The van der Waals surface area contributed by atoms with Crippen molar-refractivity contribution in [2.75, 3.05) is 16.3 Å². The zero-order valence-electron chi connectivity index (χ0n) is 19.2. The van der Waals surface area contributed by atoms with Crippen LogP contribution < -0.4 is 14.5 Å². The molecule has 2 aromatic rings. The largest absolute Gasteiger partial charge is 0.426 e. The summed E-state index contributed by atoms with van der Waals surface area (Å²) in [5, 5.41) is 0. The van der Waals surface area contributed by atoms with E-state index in [0.29, 0.717) is 23.2 Å². The molecule has 8 rings (SSSR count). The molecular formula is C28H23FN2O5. The van der Waals surface area contributed by atoms with Crippen molar-refractivity contribution < 1.29 is 28.3 Å². The highest BCUT2D eigenvalue weighted by Crippen LogP contribution is 2.65. The van der Waals surface area contributed by atoms with Crippen LogP contribution in [0.25, 0.3) is 0 Å². The van der Waals surface area contributed by atoms with Gasteiger partial charge in [-0.25, -0.2) is 4.39 Å². The van der Waals surface area contributed by atoms with Crippen LogP contribution in [-0.4, -0.2) is 30.2 Å². The van der Waals surface area contributed by atoms with Gasteiger partial charge in [-0.3, -0.25) is 24.1 Å². The van der Waals surface area contributed by atoms with E-state index in [0.717, 1.165) is 6.42 Å². The summed E-state index contributed by atoms with van der Waals surface area (Å²) < 4.78 is 18.7. The number of nitrogens with zero attached hydrogens (tertiary/aromatic N) is 2. The number of carbonyl (C=O) groups is 4. The Kier molecular flexibility index (Phi) is 4.53. The molecule has 4 aliphatic carbocycles. The Labute approximate surface area is 206 Å². The summed E-state index contributed by atoms with van der Waals surface area (Å²) in [5.74, 6) is -0.939. The first kappa shape index (κ1) is 21.5. The molecule has 0 N–H and O–H groups in total. The van der Waals surface area contributed by atoms with Crippen molar-refractivity contribution >= 4 is 35.1 Å². The van der Waals surface area contributed by atoms with Gasteiger partial charge in [-0.2, -0.15) is 0 Å². The molecule has 36 heavy (non-hydrogen) atoms. The molecule has 0 aromatic heterocycles. The van der Waals surface area contributed by atoms with Crippen molar-refractivity contribution in [1.82, 2.24) is 0 Å². The normalized spacial score (nSPS) is 33.7. The summed E-state index contributed by atoms with van der Waals surface area (Å²) in [7, 11) is 0. The smallest absolute Gasteiger partial charge is 0.316 e. The van der Waals surface area contributed by atoms with E-state index in [1.807, 2.05) is 0 Å². The van der Waals surface area contributed by atoms with E-state index in [9.17, 15) is 23.6 Å². The number of ether oxygens (including phenoxy) is 1. The average Bonchev–Trinajstić information content (AvgIpc) is 3.56. The van der Waals surface area contributed by atoms with Gasteiger partial charge in [-0.05, 0) is 78.6 Å². The summed E-state index contributed by atoms with van der Waals surface area (Å²) in [4.78, 5) is 54.4. The van der Waals surface area contributed by atoms with Gasteiger partial charge in [0.15, 0.2) is 0 Å². The number of hydrogen-bond donors (Lipinski definition) is 0. The number of halogens is 1. The number of allylic oxidation sites excluding steroid dienone is 2. The fourth-order valence-corrected chi connectivity index (χ4v) is 6.81. The third-order valence-corrected chi connectivity index (χ3v) is 8.57. The monoisotopic (exact) mass is 486 g/mol. The Morgan fingerprint density at radius 2 is 1.42 bits per heavy atom. The summed E-state index contributed by atoms with van der Waals surface area (Å²) in [6, 6.07) is 11.9. The summed E-state index contributed by atoms with van der Waals surface area (Å²) in [5.41, 5.74) is 1.01. The van der Waals surface area contributed by atoms with E-state index in [1.165, 1.54) is 34.1 Å². The van der Waals surface area contributed by atoms with Crippen LogP contribution in [0.15, 0.2) is 60.7 Å². The number of anilines is 2. The van der Waals surface area contributed by atoms with Gasteiger partial charge in [0.1, 0.15) is 11.6 Å². The third kappa shape index (κ3) is 3.09. The van der Waals surface area contributed by atoms with E-state index in [4.69, 9.17) is 4.74 Å². The van der Waals surface area contributed by atoms with Gasteiger partial charge in [-0.15, -0.1) is 0 Å². The second-order valence-corrected chi connectivity index (χ2v) is 10.5. The molecule has 2 bridgehead atoms. The maximum Gasteiger partial charge on any atom is 0.316 e. The lowest BCUT2D eigenvalue weighted by molar-refractivity contribution is -0.139. The topological polar surface area (TPSA) is 84.0 Å². The summed E-state index contributed by atoms with van der Waals surface area (Å²) >= 11 is 0. The molecule has 2 aromatic carbocycles. The number of hydrogen-bond acceptors (Lipinski definition) is 5. The highest BCUT2D eigenvalue weighted by molar-refractivity contribution is 6.22. The molecule has 2 heterocycles. The van der Waals surface area contributed by atoms with Gasteiger partial charge in [0.05, 0.1) is 23.4 Å². The molecule has 7 atom stereocenters. The molecule has 7 nitrogen and oxygen atoms in total. The Morgan fingerprint density at radius 1 is 0.833 bits per heavy atom. The van der Waals surface area contributed by atoms with Crippen molar-refractivity contribution in [2.45, 2.75) is 12.8 Å². The first-order valence-electron chi connectivity index (χ1n) is 12.3. The second-order valence-electron chi connectivity index (χ2n) is 10.5. The third-order valence-electron chi connectivity index (χ3n) is 8.57. The van der Waals surface area contributed by atoms with Crippen LogP contribution in [0.5, 0.6) is 5.75 Å². The Bertz CT molecular complexity index is 1300. The number of esters is 1. The molecule has 8 heteroatoms. The van der Waals surface area contributed by atoms with Crippen molar-refractivity contribution in [3.63, 3.8) is 0 Å². The fourth-order valence-electron chi connectivity index (χ4n) is 6.81. The molecule has 0 radical (unpaired) electrons. The lowest BCUT2D eigenvalue weighted by Gasteiger charge is -2.37. The minimum Gasteiger partial charge on any atom is -0.426 e. The predicted molar refractivity (Wildman–Crippen MR) is 126 cm³/mol. The van der Waals surface area contributed by atoms with Crippen molar-refractivity contribution in [3.8, 4) is 5.75 Å². The zero-order valence-corrected chi connectivity index (χ0v) is 19.2. The molecule has 182 valence electrons. The molecule has 2 saturated carbocycles. The SMILES string of the molecule is O=C(Oc1ccc(N2C(=O)[C@@H]3[C@H]4C=C[C@@H]([C@@H]5C[C@H]45)[C@H]3C2=O)cc1)[C@H]1CC(=O)N(c2ccc(F)cc2)C1. The van der Waals surface area contributed by atoms with Gasteiger partial charge in [0.25, 0.3) is 0 Å². The van der Waals surface area contributed by atoms with Crippen LogP contribution >= 0.6 is 0 Å². The van der Waals surface area contributed by atoms with E-state index in [1.54, 1.807) is 24.3 Å². The second kappa shape index (κ2) is 7.59. The minimum atomic E-state index is -0.651. The predicted octanol–water partition coefficient (Wildman–Crippen LogP) is 3.34. The molecule has 0 unspecified atom stereocenters. The van der Waals surface area contributed by atoms with Crippen LogP contribution in [0, 0.1) is 47.2 Å². The standard InChI is InChI=1S/C28H23FN2O5/c29-15-1-3-16(4-2-15)30-13-14(11-23(30)32)28(35)36-18-7-5-17(6-8-18)31-26(33)24-19-9-10-20(22-12-21(19)22)25(24)27(31)34/h1-10,14,19-22,24-25H,11-13H2/t14-,19-,20-,21-,22+,24+,25+/m0/s1. The number of amides is 3. The van der Waals surface area contributed by atoms with Gasteiger partial charge in [0, 0.05) is 18.7 Å². The summed E-state index contributed by atoms with van der Waals surface area (Å²) in [6.07, 6.45) is 5.40. The Hall–Kier alpha value is -3.81. The van der Waals surface area contributed by atoms with Crippen molar-refractivity contribution in [2.24, 2.45) is 41.4 Å². The first-order valence-corrected chi connectivity index (χ1v) is 12.3. The first-order chi connectivity index (χ1) is 17.4. The Balaban J connectivity index is 1.03. The number of carbonyl (C=O) groups excluding carboxylic acids is 4. The van der Waals surface area contributed by atoms with Gasteiger partial charge >= 0.3 is 5.97 Å². The number of imide groups is 1. The zero-order chi connectivity index (χ0) is 24.7. The fraction of sp³-hybridized carbons (Fsp3) is 0.357. The highest BCUT2D eigenvalue weighted by Gasteiger charge is 2.67. The van der Waals surface area contributed by atoms with Gasteiger partial charge < -0.3 is 9.64 Å². The van der Waals surface area contributed by atoms with E-state index in [2.05, 4.69) is 12.2 Å². The van der Waals surface area contributed by atoms with Gasteiger partial charge in [-0.1, -0.05) is 12.2 Å². The maximum atomic E-state index is 13.3. The lowest BCUT2D eigenvalue weighted by Crippen LogP contribution is -2.40. The van der Waals surface area contributed by atoms with E-state index in [-0.39, 0.29) is 60.1 Å². The van der Waals surface area contributed by atoms with Crippen molar-refractivity contribution in [1.29, 1.82) is 0 Å². The Morgan fingerprint density at radius 3 is 2.03 bits per heavy atom.